The highest BCUT2D eigenvalue weighted by Crippen LogP contribution is 2.27. The third-order valence-electron chi connectivity index (χ3n) is 4.02. The number of H-pyrrole nitrogens is 1. The smallest absolute Gasteiger partial charge is 0.330 e. The largest absolute Gasteiger partial charge is 0.394 e. The molecule has 14 heteroatoms. The van der Waals surface area contributed by atoms with Gasteiger partial charge in [-0.15, -0.1) is 0 Å². The summed E-state index contributed by atoms with van der Waals surface area (Å²) in [7, 11) is 0. The predicted octanol–water partition coefficient (Wildman–Crippen LogP) is -4.90. The van der Waals surface area contributed by atoms with Gasteiger partial charge in [0.1, 0.15) is 37.3 Å². The zero-order valence-corrected chi connectivity index (χ0v) is 14.9. The molecule has 8 N–H and O–H groups in total. The minimum Gasteiger partial charge on any atom is -0.394 e. The lowest BCUT2D eigenvalue weighted by atomic mass is 10.0. The molecule has 29 heavy (non-hydrogen) atoms. The summed E-state index contributed by atoms with van der Waals surface area (Å²) in [6.45, 7) is -1.82. The van der Waals surface area contributed by atoms with E-state index in [9.17, 15) is 29.0 Å². The van der Waals surface area contributed by atoms with E-state index in [1.54, 1.807) is 0 Å². The molecule has 0 radical (unpaired) electrons. The van der Waals surface area contributed by atoms with E-state index < -0.39 is 73.5 Å². The molecule has 1 aliphatic rings. The van der Waals surface area contributed by atoms with Gasteiger partial charge in [0, 0.05) is 18.7 Å². The number of aldehydes is 1. The zero-order valence-electron chi connectivity index (χ0n) is 14.9. The van der Waals surface area contributed by atoms with Crippen molar-refractivity contribution >= 4 is 6.29 Å². The van der Waals surface area contributed by atoms with E-state index in [-0.39, 0.29) is 6.29 Å². The predicted molar refractivity (Wildman–Crippen MR) is 90.2 cm³/mol. The number of aliphatic hydroxyl groups excluding tert-OH is 6. The number of aromatic amines is 1. The molecule has 0 spiro atoms. The molecule has 1 aliphatic heterocycles. The zero-order chi connectivity index (χ0) is 22.4. The lowest BCUT2D eigenvalue weighted by molar-refractivity contribution is -0.217. The number of nitrogens with one attached hydrogen (secondary N) is 1. The lowest BCUT2D eigenvalue weighted by Crippen LogP contribution is -2.48. The molecular formula is C15H23FN2O11. The van der Waals surface area contributed by atoms with Crippen LogP contribution in [0.4, 0.5) is 4.39 Å². The van der Waals surface area contributed by atoms with E-state index in [2.05, 4.69) is 0 Å². The van der Waals surface area contributed by atoms with E-state index in [4.69, 9.17) is 30.3 Å². The lowest BCUT2D eigenvalue weighted by Gasteiger charge is -2.25. The van der Waals surface area contributed by atoms with Crippen LogP contribution in [0.1, 0.15) is 12.6 Å². The van der Waals surface area contributed by atoms with Gasteiger partial charge < -0.3 is 45.3 Å². The fraction of sp³-hybridized carbons (Fsp3) is 0.667. The van der Waals surface area contributed by atoms with Crippen molar-refractivity contribution in [2.45, 2.75) is 49.0 Å². The summed E-state index contributed by atoms with van der Waals surface area (Å²) in [6.07, 6.45) is -7.73. The van der Waals surface area contributed by atoms with E-state index in [1.165, 1.54) is 0 Å². The molecule has 1 fully saturated rings. The number of ether oxygens (including phenoxy) is 1. The number of carbonyl (C=O) groups is 1. The molecule has 2 unspecified atom stereocenters. The van der Waals surface area contributed by atoms with Crippen LogP contribution < -0.4 is 11.2 Å². The molecule has 1 aromatic heterocycles. The summed E-state index contributed by atoms with van der Waals surface area (Å²) in [5.41, 5.74) is -1.33. The van der Waals surface area contributed by atoms with E-state index in [0.29, 0.717) is 0 Å². The Morgan fingerprint density at radius 1 is 1.28 bits per heavy atom. The quantitative estimate of drug-likeness (QED) is 0.193. The molecule has 0 amide bonds. The number of rotatable bonds is 7. The number of aromatic nitrogens is 2. The molecule has 13 nitrogen and oxygen atoms in total. The molecule has 0 aromatic carbocycles. The first-order valence-electron chi connectivity index (χ1n) is 8.26. The third kappa shape index (κ3) is 6.22. The number of hydrogen-bond donors (Lipinski definition) is 8. The van der Waals surface area contributed by atoms with Crippen LogP contribution in [0, 0.1) is 0 Å². The van der Waals surface area contributed by atoms with Gasteiger partial charge in [-0.05, 0) is 0 Å². The standard InChI is InChI=1S/C9H12N2O6.C6H11FO5/c12-3-4-6(14)7(15)8(17-4)11-2-1-5(13)10-9(11)16;7-6(12,3-9)5(11)4(10)1-2-8/h1-2,4,6-8,12,14-15H,3H2,(H,10,13,16);2,4-5,9-12H,1,3H2/t4-,6-,7-,8-;4?,5?,6-/m11/s1. The van der Waals surface area contributed by atoms with Crippen LogP contribution in [0.2, 0.25) is 0 Å². The molecule has 2 rings (SSSR count). The normalized spacial score (nSPS) is 28.0. The molecule has 1 saturated heterocycles. The SMILES string of the molecule is O=CCC(O)C(O)[C@@](O)(F)CO.O=c1ccn([C@@H]2O[C@H](CO)[C@@H](O)[C@H]2O)c(=O)[nH]1. The first-order chi connectivity index (χ1) is 13.5. The maximum atomic E-state index is 12.6. The summed E-state index contributed by atoms with van der Waals surface area (Å²) >= 11 is 0. The van der Waals surface area contributed by atoms with Crippen LogP contribution in [0.3, 0.4) is 0 Å². The van der Waals surface area contributed by atoms with Crippen LogP contribution in [0.25, 0.3) is 0 Å². The number of carbonyl (C=O) groups excluding carboxylic acids is 1. The Hall–Kier alpha value is -2.04. The third-order valence-corrected chi connectivity index (χ3v) is 4.02. The Morgan fingerprint density at radius 3 is 2.34 bits per heavy atom. The highest BCUT2D eigenvalue weighted by atomic mass is 19.2. The van der Waals surface area contributed by atoms with Gasteiger partial charge in [0.25, 0.3) is 11.4 Å². The van der Waals surface area contributed by atoms with Gasteiger partial charge in [-0.25, -0.2) is 9.18 Å². The van der Waals surface area contributed by atoms with Gasteiger partial charge in [-0.2, -0.15) is 0 Å². The van der Waals surface area contributed by atoms with Crippen molar-refractivity contribution in [2.24, 2.45) is 0 Å². The molecule has 0 bridgehead atoms. The van der Waals surface area contributed by atoms with Gasteiger partial charge in [0.05, 0.1) is 12.7 Å². The fourth-order valence-corrected chi connectivity index (χ4v) is 2.35. The van der Waals surface area contributed by atoms with Crippen molar-refractivity contribution in [3.05, 3.63) is 33.1 Å². The maximum Gasteiger partial charge on any atom is 0.330 e. The highest BCUT2D eigenvalue weighted by Gasteiger charge is 2.43. The molecule has 7 atom stereocenters. The minimum absolute atomic E-state index is 0.265. The van der Waals surface area contributed by atoms with Crippen LogP contribution in [-0.4, -0.2) is 101 Å². The summed E-state index contributed by atoms with van der Waals surface area (Å²) in [5.74, 6) is -3.28. The monoisotopic (exact) mass is 426 g/mol. The van der Waals surface area contributed by atoms with Crippen molar-refractivity contribution < 1.29 is 49.7 Å². The highest BCUT2D eigenvalue weighted by molar-refractivity contribution is 5.50. The van der Waals surface area contributed by atoms with Crippen molar-refractivity contribution in [2.75, 3.05) is 13.2 Å². The number of alkyl halides is 1. The molecule has 0 saturated carbocycles. The number of halogens is 1. The van der Waals surface area contributed by atoms with Crippen molar-refractivity contribution in [1.82, 2.24) is 9.55 Å². The molecule has 2 heterocycles. The Labute approximate surface area is 161 Å². The van der Waals surface area contributed by atoms with E-state index in [0.717, 1.165) is 16.8 Å². The second-order valence-corrected chi connectivity index (χ2v) is 6.14. The molecule has 1 aromatic rings. The second kappa shape index (κ2) is 10.7. The number of nitrogens with zero attached hydrogens (tertiary/aromatic N) is 1. The second-order valence-electron chi connectivity index (χ2n) is 6.14. The van der Waals surface area contributed by atoms with E-state index in [1.807, 2.05) is 4.98 Å². The molecule has 0 aliphatic carbocycles. The van der Waals surface area contributed by atoms with E-state index >= 15 is 0 Å². The Bertz CT molecular complexity index is 767. The van der Waals surface area contributed by atoms with Gasteiger partial charge in [0.15, 0.2) is 6.23 Å². The maximum absolute atomic E-state index is 12.6. The summed E-state index contributed by atoms with van der Waals surface area (Å²) < 4.78 is 18.6. The number of aliphatic hydroxyl groups is 7. The van der Waals surface area contributed by atoms with Crippen molar-refractivity contribution in [3.63, 3.8) is 0 Å². The van der Waals surface area contributed by atoms with Gasteiger partial charge in [-0.1, -0.05) is 0 Å². The van der Waals surface area contributed by atoms with Crippen LogP contribution >= 0.6 is 0 Å². The van der Waals surface area contributed by atoms with Crippen molar-refractivity contribution in [3.8, 4) is 0 Å². The van der Waals surface area contributed by atoms with Crippen LogP contribution in [0.5, 0.6) is 0 Å². The van der Waals surface area contributed by atoms with Gasteiger partial charge in [0.2, 0.25) is 0 Å². The molecule has 166 valence electrons. The summed E-state index contributed by atoms with van der Waals surface area (Å²) in [6, 6.07) is 1.09. The molecular weight excluding hydrogens is 403 g/mol. The first kappa shape index (κ1) is 25.0. The average molecular weight is 426 g/mol. The Balaban J connectivity index is 0.000000311. The van der Waals surface area contributed by atoms with Crippen molar-refractivity contribution in [1.29, 1.82) is 0 Å². The number of hydrogen-bond acceptors (Lipinski definition) is 11. The summed E-state index contributed by atoms with van der Waals surface area (Å²) in [4.78, 5) is 34.1. The Morgan fingerprint density at radius 2 is 1.90 bits per heavy atom. The first-order valence-corrected chi connectivity index (χ1v) is 8.26. The van der Waals surface area contributed by atoms with Crippen LogP contribution in [-0.2, 0) is 9.53 Å². The Kier molecular flexibility index (Phi) is 9.18. The average Bonchev–Trinajstić information content (AvgIpc) is 2.96. The van der Waals surface area contributed by atoms with Crippen LogP contribution in [0.15, 0.2) is 21.9 Å². The fourth-order valence-electron chi connectivity index (χ4n) is 2.35. The minimum atomic E-state index is -3.28. The summed E-state index contributed by atoms with van der Waals surface area (Å²) in [5, 5.41) is 62.4. The topological polar surface area (TPSA) is 223 Å². The van der Waals surface area contributed by atoms with Gasteiger partial charge in [-0.3, -0.25) is 14.3 Å². The van der Waals surface area contributed by atoms with Gasteiger partial charge >= 0.3 is 5.69 Å².